The molecule has 0 unspecified atom stereocenters. The van der Waals surface area contributed by atoms with E-state index in [2.05, 4.69) is 0 Å². The highest BCUT2D eigenvalue weighted by molar-refractivity contribution is 7.51. The summed E-state index contributed by atoms with van der Waals surface area (Å²) in [7, 11) is -4.60. The minimum absolute atomic E-state index is 0.324. The number of hydrogen-bond donors (Lipinski definition) is 4. The van der Waals surface area contributed by atoms with Crippen LogP contribution < -0.4 is 0 Å². The van der Waals surface area contributed by atoms with Gasteiger partial charge in [-0.1, -0.05) is 13.8 Å². The monoisotopic (exact) mass is 311 g/mol. The minimum Gasteiger partial charge on any atom is -0.481 e. The lowest BCUT2D eigenvalue weighted by atomic mass is 9.85. The molecule has 0 aromatic carbocycles. The molecule has 0 aliphatic carbocycles. The molecule has 0 heterocycles. The zero-order chi connectivity index (χ0) is 16.1. The maximum atomic E-state index is 11.9. The number of nitrogens with zero attached hydrogens (tertiary/aromatic N) is 1. The zero-order valence-corrected chi connectivity index (χ0v) is 12.0. The molecule has 0 aliphatic rings. The molecule has 0 aromatic rings. The first-order valence-electron chi connectivity index (χ1n) is 5.58. The molecule has 116 valence electrons. The first kappa shape index (κ1) is 18.6. The maximum Gasteiger partial charge on any atom is 0.344 e. The Labute approximate surface area is 115 Å². The van der Waals surface area contributed by atoms with Gasteiger partial charge in [0.05, 0.1) is 6.42 Å². The van der Waals surface area contributed by atoms with E-state index in [1.807, 2.05) is 0 Å². The van der Waals surface area contributed by atoms with Crippen molar-refractivity contribution in [2.75, 3.05) is 12.8 Å². The number of carbonyl (C=O) groups excluding carboxylic acids is 1. The number of amides is 1. The van der Waals surface area contributed by atoms with Crippen molar-refractivity contribution in [3.63, 3.8) is 0 Å². The van der Waals surface area contributed by atoms with Gasteiger partial charge in [0.1, 0.15) is 12.8 Å². The second-order valence-corrected chi connectivity index (χ2v) is 6.82. The van der Waals surface area contributed by atoms with E-state index in [9.17, 15) is 18.9 Å². The first-order chi connectivity index (χ1) is 8.82. The van der Waals surface area contributed by atoms with E-state index < -0.39 is 43.7 Å². The van der Waals surface area contributed by atoms with Crippen LogP contribution in [-0.2, 0) is 18.9 Å². The largest absolute Gasteiger partial charge is 0.481 e. The third-order valence-corrected chi connectivity index (χ3v) is 3.00. The third-order valence-electron chi connectivity index (χ3n) is 2.29. The summed E-state index contributed by atoms with van der Waals surface area (Å²) in [6.45, 7) is 2.14. The van der Waals surface area contributed by atoms with Crippen LogP contribution in [0.5, 0.6) is 0 Å². The van der Waals surface area contributed by atoms with Crippen molar-refractivity contribution >= 4 is 25.4 Å². The molecule has 0 spiro atoms. The zero-order valence-electron chi connectivity index (χ0n) is 11.1. The molecule has 0 aliphatic heterocycles. The Kier molecular flexibility index (Phi) is 6.33. The molecule has 10 heteroatoms. The third kappa shape index (κ3) is 8.63. The fourth-order valence-corrected chi connectivity index (χ4v) is 2.30. The Balaban J connectivity index is 4.91. The second kappa shape index (κ2) is 6.83. The fourth-order valence-electron chi connectivity index (χ4n) is 1.60. The van der Waals surface area contributed by atoms with Crippen LogP contribution in [0.15, 0.2) is 0 Å². The van der Waals surface area contributed by atoms with Crippen molar-refractivity contribution in [1.29, 1.82) is 0 Å². The Morgan fingerprint density at radius 2 is 1.55 bits per heavy atom. The average molecular weight is 311 g/mol. The number of carboxylic acid groups (broad SMARTS) is 2. The van der Waals surface area contributed by atoms with E-state index in [0.29, 0.717) is 4.90 Å². The van der Waals surface area contributed by atoms with Crippen LogP contribution in [-0.4, -0.2) is 55.6 Å². The molecule has 0 atom stereocenters. The summed E-state index contributed by atoms with van der Waals surface area (Å²) in [6, 6.07) is 0. The van der Waals surface area contributed by atoms with Gasteiger partial charge in [-0.3, -0.25) is 18.9 Å². The number of rotatable bonds is 8. The molecule has 1 amide bonds. The predicted molar refractivity (Wildman–Crippen MR) is 66.9 cm³/mol. The van der Waals surface area contributed by atoms with E-state index in [1.165, 1.54) is 13.8 Å². The highest BCUT2D eigenvalue weighted by atomic mass is 31.2. The van der Waals surface area contributed by atoms with Crippen LogP contribution in [0.2, 0.25) is 0 Å². The van der Waals surface area contributed by atoms with Crippen LogP contribution in [0.25, 0.3) is 0 Å². The van der Waals surface area contributed by atoms with E-state index in [1.54, 1.807) is 0 Å². The molecular weight excluding hydrogens is 293 g/mol. The van der Waals surface area contributed by atoms with Crippen molar-refractivity contribution in [1.82, 2.24) is 4.90 Å². The summed E-state index contributed by atoms with van der Waals surface area (Å²) < 4.78 is 10.9. The Hall–Kier alpha value is -1.44. The van der Waals surface area contributed by atoms with Gasteiger partial charge in [0, 0.05) is 6.42 Å². The number of aliphatic carboxylic acids is 2. The average Bonchev–Trinajstić information content (AvgIpc) is 2.09. The van der Waals surface area contributed by atoms with Crippen LogP contribution in [0.1, 0.15) is 26.7 Å². The Morgan fingerprint density at radius 3 is 1.90 bits per heavy atom. The van der Waals surface area contributed by atoms with Crippen molar-refractivity contribution in [2.45, 2.75) is 26.7 Å². The van der Waals surface area contributed by atoms with Gasteiger partial charge >= 0.3 is 19.5 Å². The SMILES string of the molecule is CC(C)(CC(=O)O)CC(=O)N(CC(=O)O)CP(=O)(O)O. The first-order valence-corrected chi connectivity index (χ1v) is 7.38. The maximum absolute atomic E-state index is 11.9. The van der Waals surface area contributed by atoms with E-state index in [-0.39, 0.29) is 12.8 Å². The topological polar surface area (TPSA) is 152 Å². The van der Waals surface area contributed by atoms with Crippen molar-refractivity contribution < 1.29 is 38.9 Å². The summed E-state index contributed by atoms with van der Waals surface area (Å²) in [6.07, 6.45) is -1.66. The van der Waals surface area contributed by atoms with Gasteiger partial charge in [0.25, 0.3) is 0 Å². The molecule has 4 N–H and O–H groups in total. The van der Waals surface area contributed by atoms with Crippen LogP contribution in [0.4, 0.5) is 0 Å². The number of carbonyl (C=O) groups is 3. The summed E-state index contributed by atoms with van der Waals surface area (Å²) >= 11 is 0. The van der Waals surface area contributed by atoms with Crippen molar-refractivity contribution in [3.8, 4) is 0 Å². The van der Waals surface area contributed by atoms with Crippen LogP contribution >= 0.6 is 7.60 Å². The molecule has 0 bridgehead atoms. The Bertz CT molecular complexity index is 441. The van der Waals surface area contributed by atoms with Crippen molar-refractivity contribution in [2.24, 2.45) is 5.41 Å². The molecule has 0 radical (unpaired) electrons. The standard InChI is InChI=1S/C10H18NO8P/c1-10(2,4-8(13)14)3-7(12)11(5-9(15)16)6-20(17,18)19/h3-6H2,1-2H3,(H,13,14)(H,15,16)(H2,17,18,19). The quantitative estimate of drug-likeness (QED) is 0.454. The van der Waals surface area contributed by atoms with Gasteiger partial charge in [-0.2, -0.15) is 0 Å². The second-order valence-electron chi connectivity index (χ2n) is 5.20. The lowest BCUT2D eigenvalue weighted by Crippen LogP contribution is -2.39. The molecule has 0 fully saturated rings. The van der Waals surface area contributed by atoms with E-state index >= 15 is 0 Å². The molecule has 0 aromatic heterocycles. The molecule has 0 saturated carbocycles. The normalized spacial score (nSPS) is 12.0. The van der Waals surface area contributed by atoms with Gasteiger partial charge < -0.3 is 24.9 Å². The lowest BCUT2D eigenvalue weighted by molar-refractivity contribution is -0.146. The molecule has 0 saturated heterocycles. The summed E-state index contributed by atoms with van der Waals surface area (Å²) in [5.74, 6) is -3.35. The van der Waals surface area contributed by atoms with Crippen LogP contribution in [0, 0.1) is 5.41 Å². The Morgan fingerprint density at radius 1 is 1.05 bits per heavy atom. The highest BCUT2D eigenvalue weighted by Gasteiger charge is 2.31. The van der Waals surface area contributed by atoms with Gasteiger partial charge in [-0.25, -0.2) is 0 Å². The molecular formula is C10H18NO8P. The predicted octanol–water partition coefficient (Wildman–Crippen LogP) is -0.0742. The van der Waals surface area contributed by atoms with Gasteiger partial charge in [-0.15, -0.1) is 0 Å². The van der Waals surface area contributed by atoms with Crippen molar-refractivity contribution in [3.05, 3.63) is 0 Å². The number of hydrogen-bond acceptors (Lipinski definition) is 4. The fraction of sp³-hybridized carbons (Fsp3) is 0.700. The van der Waals surface area contributed by atoms with E-state index in [4.69, 9.17) is 20.0 Å². The lowest BCUT2D eigenvalue weighted by Gasteiger charge is -2.27. The molecule has 9 nitrogen and oxygen atoms in total. The summed E-state index contributed by atoms with van der Waals surface area (Å²) in [4.78, 5) is 51.3. The van der Waals surface area contributed by atoms with E-state index in [0.717, 1.165) is 0 Å². The molecule has 20 heavy (non-hydrogen) atoms. The van der Waals surface area contributed by atoms with Gasteiger partial charge in [0.2, 0.25) is 5.91 Å². The molecule has 0 rings (SSSR count). The van der Waals surface area contributed by atoms with Crippen LogP contribution in [0.3, 0.4) is 0 Å². The van der Waals surface area contributed by atoms with Gasteiger partial charge in [0.15, 0.2) is 0 Å². The number of carboxylic acids is 2. The highest BCUT2D eigenvalue weighted by Crippen LogP contribution is 2.36. The summed E-state index contributed by atoms with van der Waals surface area (Å²) in [5, 5.41) is 17.3. The smallest absolute Gasteiger partial charge is 0.344 e. The summed E-state index contributed by atoms with van der Waals surface area (Å²) in [5.41, 5.74) is -0.950. The van der Waals surface area contributed by atoms with Gasteiger partial charge in [-0.05, 0) is 5.41 Å². The minimum atomic E-state index is -4.60.